The Morgan fingerprint density at radius 1 is 1.36 bits per heavy atom. The summed E-state index contributed by atoms with van der Waals surface area (Å²) in [5.41, 5.74) is 3.33. The first-order valence-corrected chi connectivity index (χ1v) is 10.4. The summed E-state index contributed by atoms with van der Waals surface area (Å²) in [6.07, 6.45) is 4.38. The molecule has 0 aliphatic carbocycles. The molecule has 1 aromatic carbocycles. The van der Waals surface area contributed by atoms with Crippen LogP contribution >= 0.6 is 11.8 Å². The molecule has 2 aliphatic rings. The molecule has 28 heavy (non-hydrogen) atoms. The van der Waals surface area contributed by atoms with Gasteiger partial charge in [-0.1, -0.05) is 13.0 Å². The highest BCUT2D eigenvalue weighted by molar-refractivity contribution is 8.18. The van der Waals surface area contributed by atoms with Crippen molar-refractivity contribution >= 4 is 34.7 Å². The van der Waals surface area contributed by atoms with Crippen molar-refractivity contribution in [2.45, 2.75) is 45.6 Å². The van der Waals surface area contributed by atoms with E-state index in [9.17, 15) is 9.59 Å². The number of fused-ring (bicyclic) bond motifs is 1. The van der Waals surface area contributed by atoms with Crippen LogP contribution < -0.4 is 9.64 Å². The molecule has 5 nitrogen and oxygen atoms in total. The second kappa shape index (κ2) is 7.66. The number of nitrogens with zero attached hydrogens (tertiary/aromatic N) is 2. The van der Waals surface area contributed by atoms with Crippen LogP contribution in [0.5, 0.6) is 5.75 Å². The second-order valence-electron chi connectivity index (χ2n) is 7.90. The monoisotopic (exact) mass is 400 g/mol. The summed E-state index contributed by atoms with van der Waals surface area (Å²) in [6.45, 7) is 13.7. The zero-order valence-electron chi connectivity index (χ0n) is 17.2. The van der Waals surface area contributed by atoms with E-state index in [2.05, 4.69) is 51.3 Å². The van der Waals surface area contributed by atoms with Gasteiger partial charge in [-0.2, -0.15) is 0 Å². The fourth-order valence-electron chi connectivity index (χ4n) is 4.34. The maximum Gasteiger partial charge on any atom is 0.293 e. The van der Waals surface area contributed by atoms with Crippen molar-refractivity contribution in [3.05, 3.63) is 40.8 Å². The SMILES string of the molecule is C=CCN1C(=O)S/C(=C/c2cc3c(cc2OC)N(CC)C(C)(C)CC3C)C1=O. The second-order valence-corrected chi connectivity index (χ2v) is 8.89. The molecular weight excluding hydrogens is 372 g/mol. The Morgan fingerprint density at radius 3 is 2.68 bits per heavy atom. The third-order valence-electron chi connectivity index (χ3n) is 5.53. The average molecular weight is 401 g/mol. The van der Waals surface area contributed by atoms with E-state index in [4.69, 9.17) is 4.74 Å². The largest absolute Gasteiger partial charge is 0.496 e. The molecule has 0 N–H and O–H groups in total. The number of amides is 2. The maximum atomic E-state index is 12.6. The zero-order chi connectivity index (χ0) is 20.6. The quantitative estimate of drug-likeness (QED) is 0.512. The number of anilines is 1. The molecule has 0 saturated carbocycles. The number of benzene rings is 1. The summed E-state index contributed by atoms with van der Waals surface area (Å²) in [6, 6.07) is 4.17. The van der Waals surface area contributed by atoms with Gasteiger partial charge in [0, 0.05) is 35.9 Å². The molecule has 0 spiro atoms. The Labute approximate surface area is 171 Å². The number of carbonyl (C=O) groups excluding carboxylic acids is 2. The van der Waals surface area contributed by atoms with Gasteiger partial charge in [0.25, 0.3) is 11.1 Å². The lowest BCUT2D eigenvalue weighted by Gasteiger charge is -2.47. The van der Waals surface area contributed by atoms with Crippen molar-refractivity contribution in [3.8, 4) is 5.75 Å². The third kappa shape index (κ3) is 3.46. The first kappa shape index (κ1) is 20.5. The first-order valence-electron chi connectivity index (χ1n) is 9.59. The highest BCUT2D eigenvalue weighted by atomic mass is 32.2. The molecule has 0 aromatic heterocycles. The predicted octanol–water partition coefficient (Wildman–Crippen LogP) is 5.03. The molecule has 0 bridgehead atoms. The summed E-state index contributed by atoms with van der Waals surface area (Å²) in [7, 11) is 1.64. The minimum Gasteiger partial charge on any atom is -0.496 e. The van der Waals surface area contributed by atoms with Gasteiger partial charge in [-0.3, -0.25) is 14.5 Å². The van der Waals surface area contributed by atoms with Crippen LogP contribution in [0.1, 0.15) is 51.2 Å². The third-order valence-corrected chi connectivity index (χ3v) is 6.43. The van der Waals surface area contributed by atoms with Crippen LogP contribution in [0.25, 0.3) is 6.08 Å². The lowest BCUT2D eigenvalue weighted by molar-refractivity contribution is -0.122. The van der Waals surface area contributed by atoms with E-state index < -0.39 is 0 Å². The van der Waals surface area contributed by atoms with Crippen molar-refractivity contribution in [3.63, 3.8) is 0 Å². The molecule has 0 radical (unpaired) electrons. The normalized spacial score (nSPS) is 22.6. The predicted molar refractivity (Wildman–Crippen MR) is 116 cm³/mol. The highest BCUT2D eigenvalue weighted by Crippen LogP contribution is 2.46. The molecule has 150 valence electrons. The topological polar surface area (TPSA) is 49.9 Å². The number of thioether (sulfide) groups is 1. The summed E-state index contributed by atoms with van der Waals surface area (Å²) in [5, 5.41) is -0.264. The van der Waals surface area contributed by atoms with Crippen LogP contribution in [0.2, 0.25) is 0 Å². The van der Waals surface area contributed by atoms with Gasteiger partial charge in [0.05, 0.1) is 12.0 Å². The van der Waals surface area contributed by atoms with E-state index >= 15 is 0 Å². The van der Waals surface area contributed by atoms with Gasteiger partial charge in [0.1, 0.15) is 5.75 Å². The first-order chi connectivity index (χ1) is 13.2. The number of hydrogen-bond acceptors (Lipinski definition) is 5. The maximum absolute atomic E-state index is 12.6. The Hall–Kier alpha value is -2.21. The van der Waals surface area contributed by atoms with E-state index in [1.165, 1.54) is 16.2 Å². The molecule has 2 amide bonds. The number of ether oxygens (including phenoxy) is 1. The minimum atomic E-state index is -0.279. The van der Waals surface area contributed by atoms with E-state index in [-0.39, 0.29) is 23.2 Å². The molecule has 2 heterocycles. The summed E-state index contributed by atoms with van der Waals surface area (Å²) in [5.74, 6) is 0.818. The highest BCUT2D eigenvalue weighted by Gasteiger charge is 2.37. The molecule has 1 aromatic rings. The molecule has 1 unspecified atom stereocenters. The van der Waals surface area contributed by atoms with Gasteiger partial charge in [-0.05, 0) is 62.6 Å². The average Bonchev–Trinajstić information content (AvgIpc) is 2.89. The number of rotatable bonds is 5. The van der Waals surface area contributed by atoms with Gasteiger partial charge in [0.2, 0.25) is 0 Å². The van der Waals surface area contributed by atoms with Crippen LogP contribution in [-0.4, -0.2) is 41.8 Å². The zero-order valence-corrected chi connectivity index (χ0v) is 18.1. The molecule has 2 aliphatic heterocycles. The van der Waals surface area contributed by atoms with E-state index in [0.29, 0.717) is 16.6 Å². The van der Waals surface area contributed by atoms with Crippen molar-refractivity contribution < 1.29 is 14.3 Å². The molecule has 3 rings (SSSR count). The number of imide groups is 1. The molecule has 1 fully saturated rings. The standard InChI is InChI=1S/C22H28N2O3S/c1-7-9-23-20(25)19(28-21(23)26)11-15-10-16-14(3)13-22(4,5)24(8-2)17(16)12-18(15)27-6/h7,10-12,14H,1,8-9,13H2,2-6H3/b19-11+. The van der Waals surface area contributed by atoms with Crippen molar-refractivity contribution in [1.29, 1.82) is 0 Å². The lowest BCUT2D eigenvalue weighted by atomic mass is 9.79. The molecule has 1 atom stereocenters. The molecule has 1 saturated heterocycles. The summed E-state index contributed by atoms with van der Waals surface area (Å²) >= 11 is 0.964. The fraction of sp³-hybridized carbons (Fsp3) is 0.455. The Balaban J connectivity index is 2.07. The molecule has 6 heteroatoms. The lowest BCUT2D eigenvalue weighted by Crippen LogP contribution is -2.48. The summed E-state index contributed by atoms with van der Waals surface area (Å²) in [4.78, 5) is 28.7. The molecular formula is C22H28N2O3S. The van der Waals surface area contributed by atoms with Crippen molar-refractivity contribution in [2.75, 3.05) is 25.1 Å². The van der Waals surface area contributed by atoms with Gasteiger partial charge in [-0.15, -0.1) is 6.58 Å². The van der Waals surface area contributed by atoms with Gasteiger partial charge < -0.3 is 9.64 Å². The number of carbonyl (C=O) groups is 2. The van der Waals surface area contributed by atoms with Gasteiger partial charge in [0.15, 0.2) is 0 Å². The minimum absolute atomic E-state index is 0.0705. The van der Waals surface area contributed by atoms with Crippen LogP contribution in [0.3, 0.4) is 0 Å². The van der Waals surface area contributed by atoms with Gasteiger partial charge >= 0.3 is 0 Å². The van der Waals surface area contributed by atoms with Crippen molar-refractivity contribution in [2.24, 2.45) is 0 Å². The van der Waals surface area contributed by atoms with Crippen LogP contribution in [-0.2, 0) is 4.79 Å². The van der Waals surface area contributed by atoms with Crippen LogP contribution in [0.15, 0.2) is 29.7 Å². The van der Waals surface area contributed by atoms with E-state index in [1.807, 2.05) is 0 Å². The Bertz CT molecular complexity index is 860. The summed E-state index contributed by atoms with van der Waals surface area (Å²) < 4.78 is 5.65. The Morgan fingerprint density at radius 2 is 2.07 bits per heavy atom. The van der Waals surface area contributed by atoms with Crippen LogP contribution in [0.4, 0.5) is 10.5 Å². The fourth-order valence-corrected chi connectivity index (χ4v) is 5.18. The Kier molecular flexibility index (Phi) is 5.62. The van der Waals surface area contributed by atoms with Crippen LogP contribution in [0, 0.1) is 0 Å². The smallest absolute Gasteiger partial charge is 0.293 e. The van der Waals surface area contributed by atoms with Crippen molar-refractivity contribution in [1.82, 2.24) is 4.90 Å². The van der Waals surface area contributed by atoms with E-state index in [0.717, 1.165) is 30.3 Å². The van der Waals surface area contributed by atoms with E-state index in [1.54, 1.807) is 19.3 Å². The van der Waals surface area contributed by atoms with Gasteiger partial charge in [-0.25, -0.2) is 0 Å². The number of methoxy groups -OCH3 is 1. The number of hydrogen-bond donors (Lipinski definition) is 0.